The van der Waals surface area contributed by atoms with Crippen LogP contribution in [0.15, 0.2) is 72.8 Å². The Morgan fingerprint density at radius 1 is 0.567 bits per heavy atom. The zero-order valence-corrected chi connectivity index (χ0v) is 19.9. The van der Waals surface area contributed by atoms with Crippen molar-refractivity contribution in [1.82, 2.24) is 10.6 Å². The smallest absolute Gasteiger partial charge is 0.0347 e. The Morgan fingerprint density at radius 3 is 1.03 bits per heavy atom. The summed E-state index contributed by atoms with van der Waals surface area (Å²) >= 11 is 0. The average molecular weight is 405 g/mol. The van der Waals surface area contributed by atoms with Gasteiger partial charge in [0.15, 0.2) is 0 Å². The molecule has 0 heterocycles. The van der Waals surface area contributed by atoms with Gasteiger partial charge in [-0.3, -0.25) is 0 Å². The summed E-state index contributed by atoms with van der Waals surface area (Å²) in [5, 5.41) is 5.86. The van der Waals surface area contributed by atoms with Crippen molar-refractivity contribution < 1.29 is 0 Å². The fourth-order valence-corrected chi connectivity index (χ4v) is 3.48. The predicted octanol–water partition coefficient (Wildman–Crippen LogP) is 6.24. The van der Waals surface area contributed by atoms with E-state index in [1.807, 2.05) is 14.1 Å². The lowest BCUT2D eigenvalue weighted by atomic mass is 9.80. The van der Waals surface area contributed by atoms with Crippen molar-refractivity contribution in [1.29, 1.82) is 0 Å². The Morgan fingerprint density at radius 2 is 0.833 bits per heavy atom. The van der Waals surface area contributed by atoms with Crippen molar-refractivity contribution in [3.05, 3.63) is 106 Å². The van der Waals surface area contributed by atoms with Crippen LogP contribution in [0.2, 0.25) is 0 Å². The molecule has 30 heavy (non-hydrogen) atoms. The number of aryl methyl sites for hydroxylation is 3. The number of nitrogens with one attached hydrogen (secondary N) is 2. The van der Waals surface area contributed by atoms with Gasteiger partial charge in [-0.1, -0.05) is 86.6 Å². The first-order valence-corrected chi connectivity index (χ1v) is 11.0. The third-order valence-electron chi connectivity index (χ3n) is 5.00. The molecule has 3 aromatic rings. The highest BCUT2D eigenvalue weighted by Gasteiger charge is 2.21. The highest BCUT2D eigenvalue weighted by Crippen LogP contribution is 2.36. The van der Waals surface area contributed by atoms with Crippen LogP contribution in [0.5, 0.6) is 0 Å². The second-order valence-electron chi connectivity index (χ2n) is 7.46. The second-order valence-corrected chi connectivity index (χ2v) is 7.46. The molecule has 0 fully saturated rings. The van der Waals surface area contributed by atoms with Crippen molar-refractivity contribution in [3.63, 3.8) is 0 Å². The molecule has 0 saturated carbocycles. The van der Waals surface area contributed by atoms with Gasteiger partial charge < -0.3 is 10.6 Å². The van der Waals surface area contributed by atoms with Gasteiger partial charge in [-0.2, -0.15) is 0 Å². The molecule has 0 aliphatic rings. The molecular formula is C28H40N2. The first-order chi connectivity index (χ1) is 14.5. The lowest BCUT2D eigenvalue weighted by Crippen LogP contribution is -2.09. The van der Waals surface area contributed by atoms with E-state index in [2.05, 4.69) is 118 Å². The topological polar surface area (TPSA) is 24.1 Å². The largest absolute Gasteiger partial charge is 0.323 e. The van der Waals surface area contributed by atoms with Crippen molar-refractivity contribution in [2.24, 2.45) is 0 Å². The molecule has 0 aliphatic carbocycles. The summed E-state index contributed by atoms with van der Waals surface area (Å²) in [7, 11) is 3.75. The molecule has 0 saturated heterocycles. The van der Waals surface area contributed by atoms with E-state index in [0.29, 0.717) is 5.92 Å². The maximum Gasteiger partial charge on any atom is 0.0347 e. The number of hydrogen-bond acceptors (Lipinski definition) is 2. The van der Waals surface area contributed by atoms with Crippen LogP contribution in [0.25, 0.3) is 0 Å². The fraction of sp³-hybridized carbons (Fsp3) is 0.357. The van der Waals surface area contributed by atoms with E-state index < -0.39 is 0 Å². The van der Waals surface area contributed by atoms with Crippen LogP contribution in [-0.2, 0) is 0 Å². The minimum Gasteiger partial charge on any atom is -0.323 e. The summed E-state index contributed by atoms with van der Waals surface area (Å²) in [5.41, 5.74) is 8.22. The maximum absolute atomic E-state index is 3.11. The van der Waals surface area contributed by atoms with E-state index in [4.69, 9.17) is 0 Å². The molecule has 0 aromatic heterocycles. The first kappa shape index (κ1) is 25.6. The number of benzene rings is 3. The number of rotatable bonds is 5. The van der Waals surface area contributed by atoms with Gasteiger partial charge in [0.25, 0.3) is 0 Å². The van der Waals surface area contributed by atoms with Gasteiger partial charge in [0.05, 0.1) is 0 Å². The van der Waals surface area contributed by atoms with Crippen molar-refractivity contribution in [3.8, 4) is 0 Å². The molecule has 2 heteroatoms. The van der Waals surface area contributed by atoms with E-state index in [1.54, 1.807) is 0 Å². The maximum atomic E-state index is 3.11. The molecule has 0 amide bonds. The Kier molecular flexibility index (Phi) is 12.4. The third-order valence-corrected chi connectivity index (χ3v) is 5.00. The molecule has 162 valence electrons. The van der Waals surface area contributed by atoms with Gasteiger partial charge in [0.1, 0.15) is 0 Å². The highest BCUT2D eigenvalue weighted by atomic mass is 14.8. The molecule has 3 rings (SSSR count). The molecular weight excluding hydrogens is 364 g/mol. The van der Waals surface area contributed by atoms with E-state index >= 15 is 0 Å². The lowest BCUT2D eigenvalue weighted by Gasteiger charge is -2.24. The molecule has 0 atom stereocenters. The minimum atomic E-state index is 0.295. The Hall–Kier alpha value is -2.42. The summed E-state index contributed by atoms with van der Waals surface area (Å²) in [5.74, 6) is 0.295. The summed E-state index contributed by atoms with van der Waals surface area (Å²) in [6.45, 7) is 13.0. The Balaban J connectivity index is 0.000000485. The van der Waals surface area contributed by atoms with Crippen LogP contribution in [0.1, 0.15) is 53.1 Å². The minimum absolute atomic E-state index is 0.295. The van der Waals surface area contributed by atoms with Gasteiger partial charge in [-0.15, -0.1) is 0 Å². The van der Waals surface area contributed by atoms with Gasteiger partial charge in [-0.05, 0) is 81.3 Å². The third kappa shape index (κ3) is 7.78. The standard InChI is InChI=1S/C22H22.C4H11N.C2H7N/c1-16-10-4-7-13-19(16)22(20-14-8-5-11-17(20)2)21-15-9-6-12-18(21)3;1-3-5-4-2;1-3-2/h4-15,22H,1-3H3;5H,3-4H2,1-2H3;3H,1-2H3. The van der Waals surface area contributed by atoms with Crippen molar-refractivity contribution in [2.75, 3.05) is 27.2 Å². The molecule has 2 N–H and O–H groups in total. The van der Waals surface area contributed by atoms with Crippen molar-refractivity contribution in [2.45, 2.75) is 40.5 Å². The molecule has 0 bridgehead atoms. The Bertz CT molecular complexity index is 744. The van der Waals surface area contributed by atoms with E-state index in [1.165, 1.54) is 33.4 Å². The first-order valence-electron chi connectivity index (χ1n) is 11.0. The summed E-state index contributed by atoms with van der Waals surface area (Å²) < 4.78 is 0. The van der Waals surface area contributed by atoms with E-state index in [9.17, 15) is 0 Å². The normalized spacial score (nSPS) is 10.0. The predicted molar refractivity (Wildman–Crippen MR) is 134 cm³/mol. The average Bonchev–Trinajstić information content (AvgIpc) is 2.74. The Labute approximate surface area is 184 Å². The zero-order chi connectivity index (χ0) is 22.4. The monoisotopic (exact) mass is 404 g/mol. The van der Waals surface area contributed by atoms with E-state index in [0.717, 1.165) is 13.1 Å². The fourth-order valence-electron chi connectivity index (χ4n) is 3.48. The van der Waals surface area contributed by atoms with Gasteiger partial charge >= 0.3 is 0 Å². The summed E-state index contributed by atoms with van der Waals surface area (Å²) in [4.78, 5) is 0. The van der Waals surface area contributed by atoms with Crippen molar-refractivity contribution >= 4 is 0 Å². The molecule has 2 nitrogen and oxygen atoms in total. The zero-order valence-electron chi connectivity index (χ0n) is 19.9. The van der Waals surface area contributed by atoms with Crippen LogP contribution >= 0.6 is 0 Å². The summed E-state index contributed by atoms with van der Waals surface area (Å²) in [6.07, 6.45) is 0. The van der Waals surface area contributed by atoms with Crippen LogP contribution in [0, 0.1) is 20.8 Å². The molecule has 0 unspecified atom stereocenters. The van der Waals surface area contributed by atoms with Crippen LogP contribution in [-0.4, -0.2) is 27.2 Å². The molecule has 0 radical (unpaired) electrons. The lowest BCUT2D eigenvalue weighted by molar-refractivity contribution is 0.762. The van der Waals surface area contributed by atoms with Gasteiger partial charge in [0, 0.05) is 5.92 Å². The van der Waals surface area contributed by atoms with Gasteiger partial charge in [0.2, 0.25) is 0 Å². The van der Waals surface area contributed by atoms with Crippen LogP contribution in [0.3, 0.4) is 0 Å². The molecule has 0 aliphatic heterocycles. The summed E-state index contributed by atoms with van der Waals surface area (Å²) in [6, 6.07) is 26.2. The number of hydrogen-bond donors (Lipinski definition) is 2. The second kappa shape index (κ2) is 14.5. The quantitative estimate of drug-likeness (QED) is 0.492. The highest BCUT2D eigenvalue weighted by molar-refractivity contribution is 5.50. The van der Waals surface area contributed by atoms with Crippen LogP contribution in [0.4, 0.5) is 0 Å². The SMILES string of the molecule is CCNCC.CNC.Cc1ccccc1C(c1ccccc1C)c1ccccc1C. The van der Waals surface area contributed by atoms with Gasteiger partial charge in [-0.25, -0.2) is 0 Å². The molecule has 3 aromatic carbocycles. The molecule has 0 spiro atoms. The van der Waals surface area contributed by atoms with Crippen LogP contribution < -0.4 is 10.6 Å². The van der Waals surface area contributed by atoms with E-state index in [-0.39, 0.29) is 0 Å².